The Balaban J connectivity index is 1.55. The number of aromatic nitrogens is 1. The number of hydrogen-bond acceptors (Lipinski definition) is 3. The van der Waals surface area contributed by atoms with Crippen LogP contribution in [-0.4, -0.2) is 41.8 Å². The summed E-state index contributed by atoms with van der Waals surface area (Å²) in [4.78, 5) is 6.07. The minimum atomic E-state index is -0.0967. The lowest BCUT2D eigenvalue weighted by molar-refractivity contribution is 0.0289. The van der Waals surface area contributed by atoms with E-state index in [1.807, 2.05) is 12.1 Å². The van der Waals surface area contributed by atoms with E-state index in [0.29, 0.717) is 0 Å². The van der Waals surface area contributed by atoms with Crippen LogP contribution >= 0.6 is 0 Å². The Bertz CT molecular complexity index is 994. The molecule has 1 aliphatic rings. The van der Waals surface area contributed by atoms with E-state index in [0.717, 1.165) is 44.6 Å². The number of hydrogen-bond donors (Lipinski definition) is 2. The van der Waals surface area contributed by atoms with Gasteiger partial charge >= 0.3 is 0 Å². The molecule has 1 atom stereocenters. The molecule has 2 N–H and O–H groups in total. The molecule has 1 aromatic heterocycles. The highest BCUT2D eigenvalue weighted by Gasteiger charge is 2.35. The largest absolute Gasteiger partial charge is 0.497 e. The third kappa shape index (κ3) is 4.19. The van der Waals surface area contributed by atoms with E-state index in [1.54, 1.807) is 7.11 Å². The van der Waals surface area contributed by atoms with Crippen molar-refractivity contribution in [3.05, 3.63) is 64.8 Å². The number of nitrogens with one attached hydrogen (secondary N) is 1. The van der Waals surface area contributed by atoms with Crippen LogP contribution in [0.25, 0.3) is 10.9 Å². The zero-order valence-corrected chi connectivity index (χ0v) is 17.8. The molecule has 29 heavy (non-hydrogen) atoms. The van der Waals surface area contributed by atoms with Gasteiger partial charge in [-0.3, -0.25) is 4.90 Å². The normalized spacial score (nSPS) is 20.3. The highest BCUT2D eigenvalue weighted by Crippen LogP contribution is 2.35. The van der Waals surface area contributed by atoms with Gasteiger partial charge in [0.05, 0.1) is 13.7 Å². The topological polar surface area (TPSA) is 48.5 Å². The Hall–Kier alpha value is -2.30. The summed E-state index contributed by atoms with van der Waals surface area (Å²) >= 11 is 0. The zero-order valence-electron chi connectivity index (χ0n) is 17.8. The molecule has 2 heterocycles. The van der Waals surface area contributed by atoms with E-state index in [4.69, 9.17) is 4.74 Å². The number of aromatic amines is 1. The van der Waals surface area contributed by atoms with Crippen molar-refractivity contribution in [1.82, 2.24) is 9.88 Å². The van der Waals surface area contributed by atoms with Crippen molar-refractivity contribution in [3.63, 3.8) is 0 Å². The van der Waals surface area contributed by atoms with Crippen LogP contribution in [0.15, 0.2) is 42.5 Å². The number of aliphatic hydroxyl groups is 1. The highest BCUT2D eigenvalue weighted by molar-refractivity contribution is 5.85. The fraction of sp³-hybridized carbons (Fsp3) is 0.440. The number of piperidine rings is 1. The van der Waals surface area contributed by atoms with Gasteiger partial charge in [-0.1, -0.05) is 23.8 Å². The first-order valence-corrected chi connectivity index (χ1v) is 10.6. The molecule has 0 unspecified atom stereocenters. The Morgan fingerprint density at radius 1 is 1.17 bits per heavy atom. The highest BCUT2D eigenvalue weighted by atomic mass is 16.5. The summed E-state index contributed by atoms with van der Waals surface area (Å²) in [6, 6.07) is 14.9. The Morgan fingerprint density at radius 3 is 2.83 bits per heavy atom. The van der Waals surface area contributed by atoms with Gasteiger partial charge in [0.1, 0.15) is 5.75 Å². The standard InChI is InChI=1S/C25H32N2O2/c1-18-8-9-24-22(12-18)23(19(2)26-24)15-27-11-5-10-25(16-27,17-28)14-20-6-4-7-21(13-20)29-3/h4,6-9,12-13,26,28H,5,10-11,14-17H2,1-3H3/t25-/m1/s1. The molecule has 2 aromatic carbocycles. The summed E-state index contributed by atoms with van der Waals surface area (Å²) in [6.45, 7) is 7.46. The summed E-state index contributed by atoms with van der Waals surface area (Å²) in [7, 11) is 1.70. The molecule has 4 heteroatoms. The summed E-state index contributed by atoms with van der Waals surface area (Å²) in [5, 5.41) is 11.7. The maximum Gasteiger partial charge on any atom is 0.119 e. The van der Waals surface area contributed by atoms with Gasteiger partial charge in [-0.2, -0.15) is 0 Å². The van der Waals surface area contributed by atoms with E-state index < -0.39 is 0 Å². The SMILES string of the molecule is COc1cccc(C[C@]2(CO)CCCN(Cc3c(C)[nH]c4ccc(C)cc34)C2)c1. The number of aryl methyl sites for hydroxylation is 2. The van der Waals surface area contributed by atoms with Crippen LogP contribution in [0.2, 0.25) is 0 Å². The van der Waals surface area contributed by atoms with Crippen molar-refractivity contribution in [2.45, 2.75) is 39.7 Å². The van der Waals surface area contributed by atoms with Gasteiger partial charge in [0.2, 0.25) is 0 Å². The van der Waals surface area contributed by atoms with Crippen molar-refractivity contribution in [2.24, 2.45) is 5.41 Å². The Labute approximate surface area is 173 Å². The van der Waals surface area contributed by atoms with Crippen molar-refractivity contribution in [1.29, 1.82) is 0 Å². The molecule has 154 valence electrons. The molecule has 0 saturated carbocycles. The van der Waals surface area contributed by atoms with Crippen LogP contribution in [0, 0.1) is 19.3 Å². The molecular weight excluding hydrogens is 360 g/mol. The lowest BCUT2D eigenvalue weighted by atomic mass is 9.75. The summed E-state index contributed by atoms with van der Waals surface area (Å²) in [6.07, 6.45) is 3.05. The first-order chi connectivity index (χ1) is 14.0. The lowest BCUT2D eigenvalue weighted by Gasteiger charge is -2.42. The van der Waals surface area contributed by atoms with Gasteiger partial charge in [-0.15, -0.1) is 0 Å². The third-order valence-corrected chi connectivity index (χ3v) is 6.45. The van der Waals surface area contributed by atoms with Crippen LogP contribution in [-0.2, 0) is 13.0 Å². The fourth-order valence-electron chi connectivity index (χ4n) is 4.91. The summed E-state index contributed by atoms with van der Waals surface area (Å²) in [5.41, 5.74) is 6.28. The summed E-state index contributed by atoms with van der Waals surface area (Å²) in [5.74, 6) is 0.882. The quantitative estimate of drug-likeness (QED) is 0.644. The number of likely N-dealkylation sites (tertiary alicyclic amines) is 1. The predicted molar refractivity (Wildman–Crippen MR) is 119 cm³/mol. The first kappa shape index (κ1) is 20.0. The number of rotatable bonds is 6. The van der Waals surface area contributed by atoms with Crippen molar-refractivity contribution in [3.8, 4) is 5.75 Å². The molecule has 1 aliphatic heterocycles. The number of methoxy groups -OCH3 is 1. The number of benzene rings is 2. The van der Waals surface area contributed by atoms with E-state index in [1.165, 1.54) is 33.3 Å². The van der Waals surface area contributed by atoms with Crippen LogP contribution in [0.5, 0.6) is 5.75 Å². The van der Waals surface area contributed by atoms with Crippen molar-refractivity contribution >= 4 is 10.9 Å². The molecule has 1 fully saturated rings. The van der Waals surface area contributed by atoms with E-state index in [-0.39, 0.29) is 12.0 Å². The molecule has 0 aliphatic carbocycles. The number of aliphatic hydroxyl groups excluding tert-OH is 1. The van der Waals surface area contributed by atoms with Crippen molar-refractivity contribution in [2.75, 3.05) is 26.8 Å². The lowest BCUT2D eigenvalue weighted by Crippen LogP contribution is -2.46. The molecular formula is C25H32N2O2. The van der Waals surface area contributed by atoms with Crippen LogP contribution in [0.3, 0.4) is 0 Å². The second-order valence-corrected chi connectivity index (χ2v) is 8.78. The van der Waals surface area contributed by atoms with E-state index >= 15 is 0 Å². The molecule has 4 nitrogen and oxygen atoms in total. The molecule has 1 saturated heterocycles. The van der Waals surface area contributed by atoms with Gasteiger partial charge in [-0.25, -0.2) is 0 Å². The minimum Gasteiger partial charge on any atom is -0.497 e. The van der Waals surface area contributed by atoms with Crippen LogP contribution < -0.4 is 4.74 Å². The molecule has 0 spiro atoms. The number of fused-ring (bicyclic) bond motifs is 1. The molecule has 0 bridgehead atoms. The number of H-pyrrole nitrogens is 1. The van der Waals surface area contributed by atoms with Gasteiger partial charge in [-0.05, 0) is 75.0 Å². The predicted octanol–water partition coefficient (Wildman–Crippen LogP) is 4.61. The molecule has 4 rings (SSSR count). The van der Waals surface area contributed by atoms with E-state index in [2.05, 4.69) is 54.1 Å². The van der Waals surface area contributed by atoms with Gasteiger partial charge in [0.25, 0.3) is 0 Å². The summed E-state index contributed by atoms with van der Waals surface area (Å²) < 4.78 is 5.39. The Kier molecular flexibility index (Phi) is 5.66. The van der Waals surface area contributed by atoms with Crippen LogP contribution in [0.1, 0.15) is 35.2 Å². The second kappa shape index (κ2) is 8.21. The average molecular weight is 393 g/mol. The average Bonchev–Trinajstić information content (AvgIpc) is 3.03. The molecule has 0 amide bonds. The number of ether oxygens (including phenoxy) is 1. The first-order valence-electron chi connectivity index (χ1n) is 10.6. The molecule has 3 aromatic rings. The van der Waals surface area contributed by atoms with Gasteiger partial charge in [0, 0.05) is 35.1 Å². The minimum absolute atomic E-state index is 0.0967. The second-order valence-electron chi connectivity index (χ2n) is 8.78. The van der Waals surface area contributed by atoms with Gasteiger partial charge < -0.3 is 14.8 Å². The van der Waals surface area contributed by atoms with Crippen LogP contribution in [0.4, 0.5) is 0 Å². The Morgan fingerprint density at radius 2 is 2.03 bits per heavy atom. The van der Waals surface area contributed by atoms with E-state index in [9.17, 15) is 5.11 Å². The smallest absolute Gasteiger partial charge is 0.119 e. The zero-order chi connectivity index (χ0) is 20.4. The maximum absolute atomic E-state index is 10.4. The fourth-order valence-corrected chi connectivity index (χ4v) is 4.91. The van der Waals surface area contributed by atoms with Crippen molar-refractivity contribution < 1.29 is 9.84 Å². The van der Waals surface area contributed by atoms with Gasteiger partial charge in [0.15, 0.2) is 0 Å². The maximum atomic E-state index is 10.4. The number of nitrogens with zero attached hydrogens (tertiary/aromatic N) is 1. The third-order valence-electron chi connectivity index (χ3n) is 6.45. The molecule has 0 radical (unpaired) electrons. The monoisotopic (exact) mass is 392 g/mol.